The molecule has 1 saturated carbocycles. The highest BCUT2D eigenvalue weighted by Crippen LogP contribution is 2.61. The van der Waals surface area contributed by atoms with E-state index < -0.39 is 17.8 Å². The fourth-order valence-electron chi connectivity index (χ4n) is 4.37. The Bertz CT molecular complexity index is 732. The zero-order chi connectivity index (χ0) is 22.7. The smallest absolute Gasteiger partial charge is 0.328 e. The van der Waals surface area contributed by atoms with Crippen molar-refractivity contribution in [3.63, 3.8) is 0 Å². The quantitative estimate of drug-likeness (QED) is 0.419. The predicted octanol–water partition coefficient (Wildman–Crippen LogP) is 2.96. The van der Waals surface area contributed by atoms with Crippen molar-refractivity contribution in [1.29, 1.82) is 0 Å². The van der Waals surface area contributed by atoms with Gasteiger partial charge in [0.2, 0.25) is 0 Å². The topological polar surface area (TPSA) is 104 Å². The zero-order valence-electron chi connectivity index (χ0n) is 18.7. The Morgan fingerprint density at radius 2 is 1.97 bits per heavy atom. The van der Waals surface area contributed by atoms with Gasteiger partial charge >= 0.3 is 17.9 Å². The van der Waals surface area contributed by atoms with Crippen molar-refractivity contribution in [3.8, 4) is 0 Å². The van der Waals surface area contributed by atoms with E-state index in [1.807, 2.05) is 19.0 Å². The van der Waals surface area contributed by atoms with Gasteiger partial charge in [-0.1, -0.05) is 18.6 Å². The molecular weight excluding hydrogens is 374 g/mol. The van der Waals surface area contributed by atoms with E-state index in [0.717, 1.165) is 25.7 Å². The van der Waals surface area contributed by atoms with Crippen LogP contribution in [0.1, 0.15) is 47.3 Å². The van der Waals surface area contributed by atoms with Crippen molar-refractivity contribution < 1.29 is 30.7 Å². The second-order valence-electron chi connectivity index (χ2n) is 8.84. The van der Waals surface area contributed by atoms with Gasteiger partial charge in [0, 0.05) is 31.9 Å². The maximum Gasteiger partial charge on any atom is 0.328 e. The van der Waals surface area contributed by atoms with Gasteiger partial charge in [0.25, 0.3) is 0 Å². The van der Waals surface area contributed by atoms with Crippen LogP contribution in [-0.4, -0.2) is 59.8 Å². The molecule has 162 valence electrons. The average molecular weight is 409 g/mol. The Balaban J connectivity index is 0.000000343. The first kappa shape index (κ1) is 21.6. The Morgan fingerprint density at radius 1 is 1.34 bits per heavy atom. The Morgan fingerprint density at radius 3 is 2.52 bits per heavy atom. The van der Waals surface area contributed by atoms with Gasteiger partial charge in [-0.3, -0.25) is 4.79 Å². The first-order valence-corrected chi connectivity index (χ1v) is 10.0. The number of rotatable bonds is 4. The summed E-state index contributed by atoms with van der Waals surface area (Å²) in [5.74, 6) is -3.43. The molecular formula is C22H33NO6. The molecule has 2 N–H and O–H groups in total. The van der Waals surface area contributed by atoms with Gasteiger partial charge in [-0.05, 0) is 58.5 Å². The summed E-state index contributed by atoms with van der Waals surface area (Å²) < 4.78 is 14.6. The summed E-state index contributed by atoms with van der Waals surface area (Å²) in [6.45, 7) is 4.96. The van der Waals surface area contributed by atoms with Gasteiger partial charge in [-0.25, -0.2) is 9.59 Å². The van der Waals surface area contributed by atoms with Crippen molar-refractivity contribution in [3.05, 3.63) is 23.8 Å². The normalized spacial score (nSPS) is 38.5. The number of esters is 1. The third-order valence-corrected chi connectivity index (χ3v) is 6.08. The lowest BCUT2D eigenvalue weighted by Gasteiger charge is -2.25. The number of nitrogens with zero attached hydrogens (tertiary/aromatic N) is 1. The first-order chi connectivity index (χ1) is 13.9. The number of ether oxygens (including phenoxy) is 1. The van der Waals surface area contributed by atoms with Gasteiger partial charge in [0.15, 0.2) is 0 Å². The minimum atomic E-state index is -1.26. The largest absolute Gasteiger partial charge is 0.478 e. The summed E-state index contributed by atoms with van der Waals surface area (Å²) in [6.07, 6.45) is 8.76. The molecule has 0 aromatic heterocycles. The molecule has 2 aliphatic carbocycles. The maximum atomic E-state index is 12.5. The molecule has 3 aliphatic rings. The molecule has 0 amide bonds. The lowest BCUT2D eigenvalue weighted by atomic mass is 9.80. The molecule has 29 heavy (non-hydrogen) atoms. The molecule has 5 atom stereocenters. The second-order valence-corrected chi connectivity index (χ2v) is 8.84. The number of aliphatic carboxylic acids is 2. The Labute approximate surface area is 173 Å². The van der Waals surface area contributed by atoms with Gasteiger partial charge in [-0.2, -0.15) is 0 Å². The molecule has 0 aromatic carbocycles. The Kier molecular flexibility index (Phi) is 7.11. The number of carboxylic acid groups (broad SMARTS) is 2. The van der Waals surface area contributed by atoms with Crippen molar-refractivity contribution in [2.75, 3.05) is 20.6 Å². The molecule has 3 rings (SSSR count). The van der Waals surface area contributed by atoms with Crippen LogP contribution < -0.4 is 0 Å². The summed E-state index contributed by atoms with van der Waals surface area (Å²) >= 11 is 0. The van der Waals surface area contributed by atoms with Crippen LogP contribution in [0.4, 0.5) is 0 Å². The van der Waals surface area contributed by atoms with E-state index in [-0.39, 0.29) is 18.0 Å². The SMILES string of the molecule is O=C(O)/C=C/C(=O)O.[2H][C@@]1(CN(C)C)C(=O)OC2C3C[C@]3(C)CC/C=C(\C)CCC21. The van der Waals surface area contributed by atoms with Crippen molar-refractivity contribution in [2.24, 2.45) is 23.1 Å². The third-order valence-electron chi connectivity index (χ3n) is 6.08. The molecule has 7 nitrogen and oxygen atoms in total. The van der Waals surface area contributed by atoms with Crippen molar-refractivity contribution in [2.45, 2.75) is 52.1 Å². The second kappa shape index (κ2) is 9.57. The predicted molar refractivity (Wildman–Crippen MR) is 108 cm³/mol. The molecule has 1 heterocycles. The molecule has 3 unspecified atom stereocenters. The van der Waals surface area contributed by atoms with E-state index in [4.69, 9.17) is 16.3 Å². The van der Waals surface area contributed by atoms with Crippen LogP contribution in [0.3, 0.4) is 0 Å². The summed E-state index contributed by atoms with van der Waals surface area (Å²) in [6, 6.07) is 0. The minimum Gasteiger partial charge on any atom is -0.478 e. The molecule has 0 aromatic rings. The van der Waals surface area contributed by atoms with Crippen LogP contribution in [0.15, 0.2) is 23.8 Å². The summed E-state index contributed by atoms with van der Waals surface area (Å²) in [7, 11) is 3.87. The molecule has 0 radical (unpaired) electrons. The van der Waals surface area contributed by atoms with E-state index in [0.29, 0.717) is 30.0 Å². The fourth-order valence-corrected chi connectivity index (χ4v) is 4.37. The van der Waals surface area contributed by atoms with Crippen molar-refractivity contribution >= 4 is 17.9 Å². The number of hydrogen-bond donors (Lipinski definition) is 2. The van der Waals surface area contributed by atoms with Crippen LogP contribution >= 0.6 is 0 Å². The number of carboxylic acids is 2. The Hall–Kier alpha value is -2.15. The van der Waals surface area contributed by atoms with Crippen LogP contribution in [0.2, 0.25) is 0 Å². The molecule has 0 spiro atoms. The highest BCUT2D eigenvalue weighted by atomic mass is 16.6. The lowest BCUT2D eigenvalue weighted by Crippen LogP contribution is -2.32. The molecule has 1 aliphatic heterocycles. The molecule has 1 saturated heterocycles. The number of carbonyl (C=O) groups excluding carboxylic acids is 1. The van der Waals surface area contributed by atoms with Gasteiger partial charge in [0.05, 0.1) is 5.89 Å². The average Bonchev–Trinajstić information content (AvgIpc) is 3.22. The summed E-state index contributed by atoms with van der Waals surface area (Å²) in [5.41, 5.74) is 1.70. The summed E-state index contributed by atoms with van der Waals surface area (Å²) in [5, 5.41) is 15.6. The highest BCUT2D eigenvalue weighted by molar-refractivity contribution is 5.89. The maximum absolute atomic E-state index is 12.5. The standard InChI is InChI=1S/C18H29NO2.C4H4O4/c1-12-6-5-9-18(2)10-15(18)16-13(8-7-12)14(11-19(3)4)17(20)21-16;5-3(6)1-2-4(7)8/h6,13-16H,5,7-11H2,1-4H3;1-2H,(H,5,6)(H,7,8)/b12-6+;2-1+/t13?,14-,15?,16?,18-;/m0./s1/i14D;. The van der Waals surface area contributed by atoms with E-state index in [1.165, 1.54) is 12.0 Å². The van der Waals surface area contributed by atoms with Gasteiger partial charge in [0.1, 0.15) is 6.10 Å². The number of carbonyl (C=O) groups is 3. The van der Waals surface area contributed by atoms with Crippen LogP contribution in [0.5, 0.6) is 0 Å². The molecule has 7 heteroatoms. The molecule has 2 fully saturated rings. The van der Waals surface area contributed by atoms with E-state index in [1.54, 1.807) is 0 Å². The lowest BCUT2D eigenvalue weighted by molar-refractivity contribution is -0.145. The fraction of sp³-hybridized carbons (Fsp3) is 0.682. The van der Waals surface area contributed by atoms with Crippen LogP contribution in [-0.2, 0) is 19.1 Å². The monoisotopic (exact) mass is 408 g/mol. The van der Waals surface area contributed by atoms with Crippen LogP contribution in [0.25, 0.3) is 0 Å². The zero-order valence-corrected chi connectivity index (χ0v) is 17.7. The highest BCUT2D eigenvalue weighted by Gasteiger charge is 2.60. The number of fused-ring (bicyclic) bond motifs is 3. The van der Waals surface area contributed by atoms with E-state index in [2.05, 4.69) is 19.9 Å². The molecule has 0 bridgehead atoms. The van der Waals surface area contributed by atoms with Gasteiger partial charge in [-0.15, -0.1) is 0 Å². The number of hydrogen-bond acceptors (Lipinski definition) is 5. The third kappa shape index (κ3) is 6.42. The van der Waals surface area contributed by atoms with E-state index in [9.17, 15) is 14.4 Å². The first-order valence-electron chi connectivity index (χ1n) is 10.5. The van der Waals surface area contributed by atoms with Gasteiger partial charge < -0.3 is 19.8 Å². The van der Waals surface area contributed by atoms with Crippen molar-refractivity contribution in [1.82, 2.24) is 4.90 Å². The minimum absolute atomic E-state index is 0.0238. The van der Waals surface area contributed by atoms with E-state index >= 15 is 0 Å². The summed E-state index contributed by atoms with van der Waals surface area (Å²) in [4.78, 5) is 33.5. The van der Waals surface area contributed by atoms with Crippen LogP contribution in [0, 0.1) is 23.1 Å². The number of allylic oxidation sites excluding steroid dienone is 2.